The lowest BCUT2D eigenvalue weighted by atomic mass is 9.97. The fraction of sp³-hybridized carbons (Fsp3) is 0.381. The first kappa shape index (κ1) is 21.9. The van der Waals surface area contributed by atoms with Crippen molar-refractivity contribution >= 4 is 40.9 Å². The molecule has 0 aliphatic rings. The van der Waals surface area contributed by atoms with Crippen molar-refractivity contribution in [3.8, 4) is 5.75 Å². The first-order valence-electron chi connectivity index (χ1n) is 8.84. The normalized spacial score (nSPS) is 12.1. The molecule has 0 heterocycles. The van der Waals surface area contributed by atoms with E-state index >= 15 is 0 Å². The molecule has 0 spiro atoms. The molecule has 0 unspecified atom stereocenters. The van der Waals surface area contributed by atoms with E-state index in [1.54, 1.807) is 13.2 Å². The maximum absolute atomic E-state index is 12.4. The summed E-state index contributed by atoms with van der Waals surface area (Å²) in [5.41, 5.74) is 2.07. The number of ether oxygens (including phenoxy) is 1. The molecular formula is C21H25Cl2NO2S. The topological polar surface area (TPSA) is 38.3 Å². The quantitative estimate of drug-likeness (QED) is 0.524. The summed E-state index contributed by atoms with van der Waals surface area (Å²) in [5.74, 6) is 2.35. The Hall–Kier alpha value is -1.36. The number of hydrogen-bond acceptors (Lipinski definition) is 3. The first-order chi connectivity index (χ1) is 12.9. The van der Waals surface area contributed by atoms with Crippen LogP contribution in [-0.4, -0.2) is 18.8 Å². The molecule has 0 aliphatic carbocycles. The number of nitrogens with one attached hydrogen (secondary N) is 1. The predicted octanol–water partition coefficient (Wildman–Crippen LogP) is 6.14. The Morgan fingerprint density at radius 2 is 1.85 bits per heavy atom. The van der Waals surface area contributed by atoms with Gasteiger partial charge in [-0.1, -0.05) is 55.2 Å². The number of hydrogen-bond donors (Lipinski definition) is 1. The van der Waals surface area contributed by atoms with E-state index in [2.05, 4.69) is 19.2 Å². The van der Waals surface area contributed by atoms with Gasteiger partial charge in [-0.05, 0) is 47.7 Å². The summed E-state index contributed by atoms with van der Waals surface area (Å²) < 4.78 is 5.21. The standard InChI is InChI=1S/C21H25Cl2NO2S/c1-14(2)10-20(15-5-8-18(26-3)9-6-15)24-21(25)13-27-12-16-4-7-17(22)11-19(16)23/h4-9,11,14,20H,10,12-13H2,1-3H3,(H,24,25)/t20-/m0/s1. The van der Waals surface area contributed by atoms with Crippen molar-refractivity contribution in [1.29, 1.82) is 0 Å². The molecule has 0 aliphatic heterocycles. The van der Waals surface area contributed by atoms with Gasteiger partial charge in [0, 0.05) is 15.8 Å². The van der Waals surface area contributed by atoms with Crippen LogP contribution in [-0.2, 0) is 10.5 Å². The number of rotatable bonds is 9. The van der Waals surface area contributed by atoms with E-state index in [1.807, 2.05) is 36.4 Å². The van der Waals surface area contributed by atoms with Crippen molar-refractivity contribution in [1.82, 2.24) is 5.32 Å². The van der Waals surface area contributed by atoms with Gasteiger partial charge >= 0.3 is 0 Å². The van der Waals surface area contributed by atoms with Crippen molar-refractivity contribution in [2.45, 2.75) is 32.1 Å². The molecule has 6 heteroatoms. The molecule has 0 radical (unpaired) electrons. The van der Waals surface area contributed by atoms with E-state index in [-0.39, 0.29) is 11.9 Å². The first-order valence-corrected chi connectivity index (χ1v) is 10.7. The highest BCUT2D eigenvalue weighted by Crippen LogP contribution is 2.26. The SMILES string of the molecule is COc1ccc([C@H](CC(C)C)NC(=O)CSCc2ccc(Cl)cc2Cl)cc1. The largest absolute Gasteiger partial charge is 0.497 e. The fourth-order valence-corrected chi connectivity index (χ4v) is 4.11. The summed E-state index contributed by atoms with van der Waals surface area (Å²) >= 11 is 13.6. The summed E-state index contributed by atoms with van der Waals surface area (Å²) in [5, 5.41) is 4.40. The van der Waals surface area contributed by atoms with Crippen LogP contribution in [0, 0.1) is 5.92 Å². The Morgan fingerprint density at radius 1 is 1.15 bits per heavy atom. The zero-order valence-electron chi connectivity index (χ0n) is 15.8. The van der Waals surface area contributed by atoms with Crippen LogP contribution in [0.25, 0.3) is 0 Å². The van der Waals surface area contributed by atoms with Crippen LogP contribution in [0.2, 0.25) is 10.0 Å². The fourth-order valence-electron chi connectivity index (χ4n) is 2.71. The van der Waals surface area contributed by atoms with Crippen LogP contribution < -0.4 is 10.1 Å². The number of methoxy groups -OCH3 is 1. The minimum atomic E-state index is -0.0110. The second-order valence-electron chi connectivity index (χ2n) is 6.75. The van der Waals surface area contributed by atoms with Gasteiger partial charge in [0.05, 0.1) is 18.9 Å². The van der Waals surface area contributed by atoms with Crippen molar-refractivity contribution < 1.29 is 9.53 Å². The highest BCUT2D eigenvalue weighted by molar-refractivity contribution is 7.99. The Labute approximate surface area is 175 Å². The van der Waals surface area contributed by atoms with Crippen molar-refractivity contribution in [3.63, 3.8) is 0 Å². The van der Waals surface area contributed by atoms with Gasteiger partial charge < -0.3 is 10.1 Å². The molecule has 0 saturated heterocycles. The molecule has 2 aromatic rings. The van der Waals surface area contributed by atoms with Gasteiger partial charge in [-0.3, -0.25) is 4.79 Å². The van der Waals surface area contributed by atoms with E-state index < -0.39 is 0 Å². The van der Waals surface area contributed by atoms with E-state index in [0.717, 1.165) is 23.3 Å². The number of carbonyl (C=O) groups excluding carboxylic acids is 1. The average molecular weight is 426 g/mol. The predicted molar refractivity (Wildman–Crippen MR) is 116 cm³/mol. The van der Waals surface area contributed by atoms with E-state index in [1.165, 1.54) is 11.8 Å². The lowest BCUT2D eigenvalue weighted by molar-refractivity contribution is -0.119. The minimum Gasteiger partial charge on any atom is -0.497 e. The highest BCUT2D eigenvalue weighted by Gasteiger charge is 2.16. The maximum atomic E-state index is 12.4. The molecule has 27 heavy (non-hydrogen) atoms. The molecule has 0 fully saturated rings. The third kappa shape index (κ3) is 7.28. The molecule has 1 N–H and O–H groups in total. The second kappa shape index (κ2) is 10.8. The Kier molecular flexibility index (Phi) is 8.81. The van der Waals surface area contributed by atoms with Crippen molar-refractivity contribution in [2.75, 3.05) is 12.9 Å². The number of amides is 1. The molecule has 0 bridgehead atoms. The van der Waals surface area contributed by atoms with Crippen LogP contribution in [0.5, 0.6) is 5.75 Å². The van der Waals surface area contributed by atoms with E-state index in [9.17, 15) is 4.79 Å². The number of benzene rings is 2. The summed E-state index contributed by atoms with van der Waals surface area (Å²) in [4.78, 5) is 12.4. The maximum Gasteiger partial charge on any atom is 0.230 e. The van der Waals surface area contributed by atoms with E-state index in [0.29, 0.717) is 27.5 Å². The number of thioether (sulfide) groups is 1. The van der Waals surface area contributed by atoms with Gasteiger partial charge in [-0.25, -0.2) is 0 Å². The van der Waals surface area contributed by atoms with Crippen LogP contribution in [0.4, 0.5) is 0 Å². The average Bonchev–Trinajstić information content (AvgIpc) is 2.62. The molecule has 1 atom stereocenters. The Balaban J connectivity index is 1.92. The van der Waals surface area contributed by atoms with Gasteiger partial charge in [-0.2, -0.15) is 0 Å². The molecule has 2 rings (SSSR count). The zero-order chi connectivity index (χ0) is 19.8. The lowest BCUT2D eigenvalue weighted by Gasteiger charge is -2.21. The third-order valence-electron chi connectivity index (χ3n) is 4.07. The van der Waals surface area contributed by atoms with Gasteiger partial charge in [0.15, 0.2) is 0 Å². The second-order valence-corrected chi connectivity index (χ2v) is 8.58. The van der Waals surface area contributed by atoms with Crippen molar-refractivity contribution in [3.05, 3.63) is 63.6 Å². The van der Waals surface area contributed by atoms with Gasteiger partial charge in [0.2, 0.25) is 5.91 Å². The Bertz CT molecular complexity index is 750. The molecule has 0 saturated carbocycles. The Morgan fingerprint density at radius 3 is 2.44 bits per heavy atom. The van der Waals surface area contributed by atoms with Crippen molar-refractivity contribution in [2.24, 2.45) is 5.92 Å². The molecule has 146 valence electrons. The van der Waals surface area contributed by atoms with Crippen LogP contribution in [0.1, 0.15) is 37.4 Å². The van der Waals surface area contributed by atoms with Crippen LogP contribution in [0.3, 0.4) is 0 Å². The van der Waals surface area contributed by atoms with Gasteiger partial charge in [0.1, 0.15) is 5.75 Å². The van der Waals surface area contributed by atoms with Crippen LogP contribution >= 0.6 is 35.0 Å². The zero-order valence-corrected chi connectivity index (χ0v) is 18.1. The van der Waals surface area contributed by atoms with Gasteiger partial charge in [-0.15, -0.1) is 11.8 Å². The number of carbonyl (C=O) groups is 1. The van der Waals surface area contributed by atoms with Gasteiger partial charge in [0.25, 0.3) is 0 Å². The molecule has 3 nitrogen and oxygen atoms in total. The summed E-state index contributed by atoms with van der Waals surface area (Å²) in [6.07, 6.45) is 0.881. The van der Waals surface area contributed by atoms with E-state index in [4.69, 9.17) is 27.9 Å². The highest BCUT2D eigenvalue weighted by atomic mass is 35.5. The summed E-state index contributed by atoms with van der Waals surface area (Å²) in [6, 6.07) is 13.3. The minimum absolute atomic E-state index is 0.0110. The smallest absolute Gasteiger partial charge is 0.230 e. The summed E-state index contributed by atoms with van der Waals surface area (Å²) in [6.45, 7) is 4.31. The molecular weight excluding hydrogens is 401 g/mol. The number of halogens is 2. The molecule has 0 aromatic heterocycles. The van der Waals surface area contributed by atoms with Crippen LogP contribution in [0.15, 0.2) is 42.5 Å². The summed E-state index contributed by atoms with van der Waals surface area (Å²) in [7, 11) is 1.65. The molecule has 1 amide bonds. The lowest BCUT2D eigenvalue weighted by Crippen LogP contribution is -2.30. The monoisotopic (exact) mass is 425 g/mol. The third-order valence-corrected chi connectivity index (χ3v) is 5.63. The molecule has 2 aromatic carbocycles.